The molecule has 4 aromatic heterocycles. The van der Waals surface area contributed by atoms with E-state index in [2.05, 4.69) is 191 Å². The van der Waals surface area contributed by atoms with Crippen LogP contribution >= 0.6 is 22.7 Å². The van der Waals surface area contributed by atoms with Gasteiger partial charge in [0.15, 0.2) is 0 Å². The van der Waals surface area contributed by atoms with Crippen molar-refractivity contribution in [2.45, 2.75) is 6.92 Å². The second-order valence-electron chi connectivity index (χ2n) is 17.7. The van der Waals surface area contributed by atoms with E-state index in [0.29, 0.717) is 16.8 Å². The highest BCUT2D eigenvalue weighted by atomic mass is 32.1. The first-order valence-electron chi connectivity index (χ1n) is 23.0. The smallest absolute Gasteiger partial charge is 0.220 e. The lowest BCUT2D eigenvalue weighted by Crippen LogP contribution is -2.09. The van der Waals surface area contributed by atoms with E-state index < -0.39 is 0 Å². The monoisotopic (exact) mass is 912 g/mol. The number of hydrogen-bond acceptors (Lipinski definition) is 3. The van der Waals surface area contributed by atoms with Gasteiger partial charge in [0.2, 0.25) is 5.69 Å². The van der Waals surface area contributed by atoms with Gasteiger partial charge >= 0.3 is 0 Å². The van der Waals surface area contributed by atoms with Crippen LogP contribution in [-0.4, -0.2) is 9.13 Å². The van der Waals surface area contributed by atoms with Gasteiger partial charge in [0.05, 0.1) is 55.0 Å². The third kappa shape index (κ3) is 5.53. The fourth-order valence-electron chi connectivity index (χ4n) is 11.2. The summed E-state index contributed by atoms with van der Waals surface area (Å²) >= 11 is 3.62. The molecule has 0 atom stereocenters. The molecular weight excluding hydrogens is 877 g/mol. The van der Waals surface area contributed by atoms with Crippen LogP contribution in [0.3, 0.4) is 0 Å². The van der Waals surface area contributed by atoms with Crippen LogP contribution in [0.1, 0.15) is 11.1 Å². The van der Waals surface area contributed by atoms with Gasteiger partial charge in [-0.2, -0.15) is 5.26 Å². The minimum absolute atomic E-state index is 0.425. The molecule has 14 aromatic rings. The molecule has 0 saturated heterocycles. The zero-order valence-corrected chi connectivity index (χ0v) is 38.8. The topological polar surface area (TPSA) is 38.0 Å². The van der Waals surface area contributed by atoms with E-state index in [0.717, 1.165) is 81.1 Å². The summed E-state index contributed by atoms with van der Waals surface area (Å²) in [7, 11) is 0. The molecule has 10 aromatic carbocycles. The Morgan fingerprint density at radius 1 is 0.464 bits per heavy atom. The SMILES string of the molecule is [C-]#[N+]c1c(-c2ccccc2)c(C#N)c(-n2c3c(ccc4c5ccccc5sc43)c3cc(-c4ccccc4C)c4c5ccccc5sc4c32)c(-c2ccccc2)c1-n1c2ccccc2c2ccccc21. The number of nitrogens with zero attached hydrogens (tertiary/aromatic N) is 4. The number of aryl methyl sites for hydroxylation is 1. The van der Waals surface area contributed by atoms with Crippen LogP contribution in [0.4, 0.5) is 5.69 Å². The average Bonchev–Trinajstić information content (AvgIpc) is 4.16. The fraction of sp³-hybridized carbons (Fsp3) is 0.0159. The fourth-order valence-corrected chi connectivity index (χ4v) is 13.8. The summed E-state index contributed by atoms with van der Waals surface area (Å²) in [5.74, 6) is 0. The van der Waals surface area contributed by atoms with E-state index in [1.54, 1.807) is 11.3 Å². The molecular formula is C63H36N4S2. The molecule has 4 nitrogen and oxygen atoms in total. The van der Waals surface area contributed by atoms with Crippen molar-refractivity contribution in [3.05, 3.63) is 223 Å². The van der Waals surface area contributed by atoms with E-state index in [-0.39, 0.29) is 0 Å². The standard InChI is InChI=1S/C63H36N4S2/c1-37-19-9-10-24-40(37)47-35-48-44-33-34-45-43-27-13-17-31-52(43)68-62(45)59(44)67(60(48)63-56(47)46-28-14-18-32-53(46)69-63)58-49(36-64)54(38-20-5-3-6-21-38)57(65-2)61(55(58)39-22-7-4-8-23-39)66-50-29-15-11-25-41(50)42-26-12-16-30-51(42)66/h3-35H,1H3. The molecule has 0 aliphatic heterocycles. The van der Waals surface area contributed by atoms with Crippen molar-refractivity contribution in [3.8, 4) is 50.8 Å². The van der Waals surface area contributed by atoms with Crippen LogP contribution in [-0.2, 0) is 0 Å². The average molecular weight is 913 g/mol. The first-order chi connectivity index (χ1) is 34.1. The predicted octanol–water partition coefficient (Wildman–Crippen LogP) is 18.3. The molecule has 0 saturated carbocycles. The molecule has 0 unspecified atom stereocenters. The first kappa shape index (κ1) is 39.4. The van der Waals surface area contributed by atoms with Gasteiger partial charge in [-0.3, -0.25) is 0 Å². The molecule has 0 aliphatic carbocycles. The molecule has 14 rings (SSSR count). The largest absolute Gasteiger partial charge is 0.318 e. The van der Waals surface area contributed by atoms with E-state index in [9.17, 15) is 11.8 Å². The summed E-state index contributed by atoms with van der Waals surface area (Å²) in [4.78, 5) is 4.54. The van der Waals surface area contributed by atoms with Gasteiger partial charge in [-0.05, 0) is 65.1 Å². The summed E-state index contributed by atoms with van der Waals surface area (Å²) < 4.78 is 9.45. The normalized spacial score (nSPS) is 11.8. The Hall–Kier alpha value is -8.78. The maximum absolute atomic E-state index is 12.2. The second kappa shape index (κ2) is 15.1. The molecule has 0 bridgehead atoms. The highest BCUT2D eigenvalue weighted by molar-refractivity contribution is 7.27. The molecule has 69 heavy (non-hydrogen) atoms. The summed E-state index contributed by atoms with van der Waals surface area (Å²) in [5, 5.41) is 21.3. The summed E-state index contributed by atoms with van der Waals surface area (Å²) in [6.45, 7) is 11.5. The van der Waals surface area contributed by atoms with Gasteiger partial charge in [0.1, 0.15) is 6.07 Å². The zero-order valence-electron chi connectivity index (χ0n) is 37.2. The van der Waals surface area contributed by atoms with Crippen molar-refractivity contribution in [2.75, 3.05) is 0 Å². The van der Waals surface area contributed by atoms with Crippen LogP contribution in [0.25, 0.3) is 134 Å². The number of hydrogen-bond donors (Lipinski definition) is 0. The number of rotatable bonds is 5. The molecule has 0 radical (unpaired) electrons. The molecule has 0 aliphatic rings. The molecule has 0 fully saturated rings. The Morgan fingerprint density at radius 2 is 1.00 bits per heavy atom. The van der Waals surface area contributed by atoms with E-state index >= 15 is 0 Å². The number of thiophene rings is 2. The Kier molecular flexibility index (Phi) is 8.63. The van der Waals surface area contributed by atoms with Crippen LogP contribution in [0, 0.1) is 24.8 Å². The van der Waals surface area contributed by atoms with Crippen molar-refractivity contribution in [3.63, 3.8) is 0 Å². The lowest BCUT2D eigenvalue weighted by molar-refractivity contribution is 1.14. The van der Waals surface area contributed by atoms with Gasteiger partial charge < -0.3 is 9.13 Å². The van der Waals surface area contributed by atoms with Crippen LogP contribution in [0.2, 0.25) is 0 Å². The maximum atomic E-state index is 12.2. The minimum Gasteiger partial charge on any atom is -0.318 e. The number of aromatic nitrogens is 2. The summed E-state index contributed by atoms with van der Waals surface area (Å²) in [6, 6.07) is 73.6. The molecule has 0 spiro atoms. The highest BCUT2D eigenvalue weighted by Crippen LogP contribution is 2.55. The Bertz CT molecular complexity index is 4520. The van der Waals surface area contributed by atoms with Crippen molar-refractivity contribution in [2.24, 2.45) is 0 Å². The Balaban J connectivity index is 1.32. The summed E-state index contributed by atoms with van der Waals surface area (Å²) in [5.41, 5.74) is 13.2. The van der Waals surface area contributed by atoms with Crippen molar-refractivity contribution in [1.29, 1.82) is 5.26 Å². The van der Waals surface area contributed by atoms with Gasteiger partial charge in [-0.25, -0.2) is 4.85 Å². The number of fused-ring (bicyclic) bond motifs is 14. The van der Waals surface area contributed by atoms with Crippen LogP contribution in [0.15, 0.2) is 200 Å². The minimum atomic E-state index is 0.425. The summed E-state index contributed by atoms with van der Waals surface area (Å²) in [6.07, 6.45) is 0. The Morgan fingerprint density at radius 3 is 1.67 bits per heavy atom. The third-order valence-electron chi connectivity index (χ3n) is 14.1. The predicted molar refractivity (Wildman–Crippen MR) is 293 cm³/mol. The molecule has 0 N–H and O–H groups in total. The third-order valence-corrected chi connectivity index (χ3v) is 16.5. The number of nitriles is 1. The van der Waals surface area contributed by atoms with E-state index in [1.165, 1.54) is 47.6 Å². The van der Waals surface area contributed by atoms with Crippen LogP contribution < -0.4 is 0 Å². The maximum Gasteiger partial charge on any atom is 0.220 e. The van der Waals surface area contributed by atoms with E-state index in [1.807, 2.05) is 47.7 Å². The lowest BCUT2D eigenvalue weighted by atomic mass is 9.88. The van der Waals surface area contributed by atoms with Crippen molar-refractivity contribution >= 4 is 112 Å². The Labute approximate surface area is 404 Å². The molecule has 4 heterocycles. The quantitative estimate of drug-likeness (QED) is 0.159. The second-order valence-corrected chi connectivity index (χ2v) is 19.8. The number of benzene rings is 10. The van der Waals surface area contributed by atoms with Crippen LogP contribution in [0.5, 0.6) is 0 Å². The lowest BCUT2D eigenvalue weighted by Gasteiger charge is -2.26. The molecule has 0 amide bonds. The number of para-hydroxylation sites is 2. The van der Waals surface area contributed by atoms with Crippen molar-refractivity contribution < 1.29 is 0 Å². The van der Waals surface area contributed by atoms with Gasteiger partial charge in [0, 0.05) is 63.6 Å². The van der Waals surface area contributed by atoms with Crippen molar-refractivity contribution in [1.82, 2.24) is 9.13 Å². The highest BCUT2D eigenvalue weighted by Gasteiger charge is 2.33. The molecule has 320 valence electrons. The van der Waals surface area contributed by atoms with E-state index in [4.69, 9.17) is 0 Å². The first-order valence-corrected chi connectivity index (χ1v) is 24.7. The van der Waals surface area contributed by atoms with Gasteiger partial charge in [-0.15, -0.1) is 22.7 Å². The zero-order chi connectivity index (χ0) is 45.9. The van der Waals surface area contributed by atoms with Gasteiger partial charge in [0.25, 0.3) is 0 Å². The van der Waals surface area contributed by atoms with Gasteiger partial charge in [-0.1, -0.05) is 170 Å². The molecule has 6 heteroatoms.